The lowest BCUT2D eigenvalue weighted by molar-refractivity contribution is -0.659. The van der Waals surface area contributed by atoms with Crippen LogP contribution in [0, 0.1) is 12.7 Å². The number of carbonyl (C=O) groups is 2. The van der Waals surface area contributed by atoms with Crippen LogP contribution < -0.4 is 16.0 Å². The molecule has 4 N–H and O–H groups in total. The average Bonchev–Trinajstić information content (AvgIpc) is 2.75. The second kappa shape index (κ2) is 10.3. The molecule has 0 unspecified atom stereocenters. The van der Waals surface area contributed by atoms with E-state index in [1.807, 2.05) is 31.2 Å². The Labute approximate surface area is 175 Å². The van der Waals surface area contributed by atoms with Crippen LogP contribution in [0.2, 0.25) is 0 Å². The van der Waals surface area contributed by atoms with E-state index in [4.69, 9.17) is 0 Å². The highest BCUT2D eigenvalue weighted by Gasteiger charge is 2.14. The smallest absolute Gasteiger partial charge is 0.279 e. The molecule has 5 nitrogen and oxygen atoms in total. The van der Waals surface area contributed by atoms with E-state index in [0.717, 1.165) is 11.1 Å². The van der Waals surface area contributed by atoms with Gasteiger partial charge in [-0.25, -0.2) is 4.39 Å². The van der Waals surface area contributed by atoms with Gasteiger partial charge in [-0.05, 0) is 30.7 Å². The molecule has 0 saturated heterocycles. The zero-order valence-electron chi connectivity index (χ0n) is 16.8. The number of amides is 2. The van der Waals surface area contributed by atoms with Gasteiger partial charge in [-0.3, -0.25) is 9.59 Å². The third-order valence-electron chi connectivity index (χ3n) is 4.67. The normalized spacial score (nSPS) is 10.5. The zero-order chi connectivity index (χ0) is 21.3. The van der Waals surface area contributed by atoms with Crippen molar-refractivity contribution in [3.63, 3.8) is 0 Å². The van der Waals surface area contributed by atoms with Crippen molar-refractivity contribution in [2.75, 3.05) is 11.9 Å². The van der Waals surface area contributed by atoms with E-state index in [-0.39, 0.29) is 24.2 Å². The number of hydrogen-bond acceptors (Lipinski definition) is 2. The molecule has 3 rings (SSSR count). The van der Waals surface area contributed by atoms with Gasteiger partial charge in [0.2, 0.25) is 0 Å². The standard InChI is InChI=1S/C24H24FN3O2/c1-17-10-12-18(13-11-17)14-27-24(30)20-7-3-5-9-22(20)28-23(29)16-26-15-19-6-2-4-8-21(19)25/h2-13,26H,14-16H2,1H3,(H,27,30)(H,28,29)/p+1. The van der Waals surface area contributed by atoms with Gasteiger partial charge in [0, 0.05) is 12.1 Å². The Balaban J connectivity index is 1.54. The lowest BCUT2D eigenvalue weighted by Gasteiger charge is -2.11. The maximum absolute atomic E-state index is 13.7. The lowest BCUT2D eigenvalue weighted by atomic mass is 10.1. The molecule has 0 aliphatic heterocycles. The largest absolute Gasteiger partial charge is 0.348 e. The highest BCUT2D eigenvalue weighted by atomic mass is 19.1. The number of nitrogens with one attached hydrogen (secondary N) is 2. The molecule has 30 heavy (non-hydrogen) atoms. The van der Waals surface area contributed by atoms with Crippen LogP contribution in [0.1, 0.15) is 27.0 Å². The van der Waals surface area contributed by atoms with Gasteiger partial charge in [0.25, 0.3) is 11.8 Å². The number of benzene rings is 3. The van der Waals surface area contributed by atoms with Crippen molar-refractivity contribution in [2.24, 2.45) is 0 Å². The molecule has 0 radical (unpaired) electrons. The Bertz CT molecular complexity index is 1020. The monoisotopic (exact) mass is 406 g/mol. The summed E-state index contributed by atoms with van der Waals surface area (Å²) in [7, 11) is 0. The molecule has 6 heteroatoms. The number of aryl methyl sites for hydroxylation is 1. The summed E-state index contributed by atoms with van der Waals surface area (Å²) in [6, 6.07) is 21.3. The second-order valence-corrected chi connectivity index (χ2v) is 7.05. The van der Waals surface area contributed by atoms with Gasteiger partial charge in [0.15, 0.2) is 6.54 Å². The number of rotatable bonds is 8. The molecule has 154 valence electrons. The van der Waals surface area contributed by atoms with Crippen molar-refractivity contribution in [1.29, 1.82) is 0 Å². The highest BCUT2D eigenvalue weighted by Crippen LogP contribution is 2.15. The molecule has 0 aliphatic rings. The van der Waals surface area contributed by atoms with E-state index in [2.05, 4.69) is 10.6 Å². The maximum Gasteiger partial charge on any atom is 0.279 e. The summed E-state index contributed by atoms with van der Waals surface area (Å²) < 4.78 is 13.7. The quantitative estimate of drug-likeness (QED) is 0.538. The van der Waals surface area contributed by atoms with Gasteiger partial charge in [-0.2, -0.15) is 0 Å². The van der Waals surface area contributed by atoms with E-state index in [1.165, 1.54) is 6.07 Å². The van der Waals surface area contributed by atoms with Gasteiger partial charge in [0.05, 0.1) is 11.3 Å². The summed E-state index contributed by atoms with van der Waals surface area (Å²) in [6.07, 6.45) is 0. The fourth-order valence-electron chi connectivity index (χ4n) is 3.00. The number of halogens is 1. The molecule has 0 atom stereocenters. The van der Waals surface area contributed by atoms with E-state index in [9.17, 15) is 14.0 Å². The summed E-state index contributed by atoms with van der Waals surface area (Å²) in [5.74, 6) is -0.809. The van der Waals surface area contributed by atoms with E-state index >= 15 is 0 Å². The first-order valence-electron chi connectivity index (χ1n) is 9.80. The molecule has 0 aromatic heterocycles. The third kappa shape index (κ3) is 5.99. The number of anilines is 1. The summed E-state index contributed by atoms with van der Waals surface area (Å²) in [4.78, 5) is 24.9. The molecule has 3 aromatic rings. The number of nitrogens with two attached hydrogens (primary N) is 1. The minimum absolute atomic E-state index is 0.119. The summed E-state index contributed by atoms with van der Waals surface area (Å²) >= 11 is 0. The van der Waals surface area contributed by atoms with Crippen LogP contribution in [0.4, 0.5) is 10.1 Å². The molecule has 0 heterocycles. The average molecular weight is 406 g/mol. The van der Waals surface area contributed by atoms with Gasteiger partial charge in [0.1, 0.15) is 12.4 Å². The topological polar surface area (TPSA) is 74.8 Å². The van der Waals surface area contributed by atoms with Crippen LogP contribution in [0.3, 0.4) is 0 Å². The maximum atomic E-state index is 13.7. The minimum Gasteiger partial charge on any atom is -0.348 e. The Morgan fingerprint density at radius 1 is 0.933 bits per heavy atom. The molecule has 0 aliphatic carbocycles. The Hall–Kier alpha value is -3.51. The molecule has 0 bridgehead atoms. The predicted octanol–water partition coefficient (Wildman–Crippen LogP) is 2.77. The summed E-state index contributed by atoms with van der Waals surface area (Å²) in [6.45, 7) is 2.89. The molecular weight excluding hydrogens is 381 g/mol. The van der Waals surface area contributed by atoms with Gasteiger partial charge in [-0.1, -0.05) is 60.2 Å². The molecule has 3 aromatic carbocycles. The number of quaternary nitrogens is 1. The van der Waals surface area contributed by atoms with Crippen LogP contribution in [-0.2, 0) is 17.9 Å². The molecule has 2 amide bonds. The molecule has 0 fully saturated rings. The highest BCUT2D eigenvalue weighted by molar-refractivity contribution is 6.03. The first kappa shape index (κ1) is 21.2. The fourth-order valence-corrected chi connectivity index (χ4v) is 3.00. The SMILES string of the molecule is Cc1ccc(CNC(=O)c2ccccc2NC(=O)C[NH2+]Cc2ccccc2F)cc1. The summed E-state index contributed by atoms with van der Waals surface area (Å²) in [5, 5.41) is 7.37. The van der Waals surface area contributed by atoms with Gasteiger partial charge >= 0.3 is 0 Å². The van der Waals surface area contributed by atoms with Crippen molar-refractivity contribution in [1.82, 2.24) is 5.32 Å². The van der Waals surface area contributed by atoms with Gasteiger partial charge < -0.3 is 16.0 Å². The van der Waals surface area contributed by atoms with E-state index < -0.39 is 0 Å². The first-order chi connectivity index (χ1) is 14.5. The number of hydrogen-bond donors (Lipinski definition) is 3. The number of carbonyl (C=O) groups excluding carboxylic acids is 2. The van der Waals surface area contributed by atoms with E-state index in [1.54, 1.807) is 47.8 Å². The second-order valence-electron chi connectivity index (χ2n) is 7.05. The lowest BCUT2D eigenvalue weighted by Crippen LogP contribution is -2.84. The molecular formula is C24H25FN3O2+. The van der Waals surface area contributed by atoms with Crippen LogP contribution in [0.15, 0.2) is 72.8 Å². The molecule has 0 spiro atoms. The minimum atomic E-state index is -0.287. The molecule has 0 saturated carbocycles. The zero-order valence-corrected chi connectivity index (χ0v) is 16.8. The number of para-hydroxylation sites is 1. The Kier molecular flexibility index (Phi) is 7.29. The Morgan fingerprint density at radius 3 is 2.40 bits per heavy atom. The van der Waals surface area contributed by atoms with Crippen LogP contribution in [0.25, 0.3) is 0 Å². The van der Waals surface area contributed by atoms with Crippen molar-refractivity contribution in [3.05, 3.63) is 101 Å². The van der Waals surface area contributed by atoms with Crippen LogP contribution in [-0.4, -0.2) is 18.4 Å². The van der Waals surface area contributed by atoms with Crippen molar-refractivity contribution in [3.8, 4) is 0 Å². The van der Waals surface area contributed by atoms with Crippen molar-refractivity contribution in [2.45, 2.75) is 20.0 Å². The Morgan fingerprint density at radius 2 is 1.63 bits per heavy atom. The van der Waals surface area contributed by atoms with E-state index in [0.29, 0.717) is 29.9 Å². The van der Waals surface area contributed by atoms with Gasteiger partial charge in [-0.15, -0.1) is 0 Å². The van der Waals surface area contributed by atoms with Crippen molar-refractivity contribution >= 4 is 17.5 Å². The fraction of sp³-hybridized carbons (Fsp3) is 0.167. The van der Waals surface area contributed by atoms with Crippen molar-refractivity contribution < 1.29 is 19.3 Å². The first-order valence-corrected chi connectivity index (χ1v) is 9.80. The van der Waals surface area contributed by atoms with Crippen LogP contribution in [0.5, 0.6) is 0 Å². The third-order valence-corrected chi connectivity index (χ3v) is 4.67. The summed E-state index contributed by atoms with van der Waals surface area (Å²) in [5.41, 5.74) is 3.54. The predicted molar refractivity (Wildman–Crippen MR) is 114 cm³/mol. The van der Waals surface area contributed by atoms with Crippen LogP contribution >= 0.6 is 0 Å².